The average Bonchev–Trinajstić information content (AvgIpc) is 2.96. The highest BCUT2D eigenvalue weighted by atomic mass is 32.2. The number of carbonyl (C=O) groups excluding carboxylic acids is 1. The highest BCUT2D eigenvalue weighted by Crippen LogP contribution is 2.35. The van der Waals surface area contributed by atoms with Crippen LogP contribution < -0.4 is 10.5 Å². The molecule has 164 valence electrons. The van der Waals surface area contributed by atoms with Gasteiger partial charge in [-0.2, -0.15) is 0 Å². The van der Waals surface area contributed by atoms with Gasteiger partial charge in [0.15, 0.2) is 0 Å². The van der Waals surface area contributed by atoms with E-state index in [2.05, 4.69) is 18.7 Å². The summed E-state index contributed by atoms with van der Waals surface area (Å²) in [7, 11) is 0. The zero-order valence-corrected chi connectivity index (χ0v) is 20.2. The standard InChI is InChI=1S/C23H28N4O2S2/c1-13(2)27-22(29)18(31-23(27)30)9-17-20(25-10-15(4)8-16(5)11-25)24-19-7-6-14(3)12-26(19)21(17)28/h6-7,9,12-13,15-16H,8,10-11H2,1-5H3/b18-9-/t15-,16-/m0/s1. The van der Waals surface area contributed by atoms with Crippen LogP contribution in [0.15, 0.2) is 28.0 Å². The van der Waals surface area contributed by atoms with Crippen molar-refractivity contribution in [2.45, 2.75) is 47.1 Å². The SMILES string of the molecule is Cc1ccc2nc(N3C[C@@H](C)C[C@H](C)C3)c(/C=C3\SC(=S)N(C(C)C)C3=O)c(=O)n2c1. The molecule has 0 aliphatic carbocycles. The highest BCUT2D eigenvalue weighted by molar-refractivity contribution is 8.26. The Morgan fingerprint density at radius 3 is 2.48 bits per heavy atom. The Labute approximate surface area is 192 Å². The molecule has 0 aromatic carbocycles. The van der Waals surface area contributed by atoms with Gasteiger partial charge in [0.25, 0.3) is 11.5 Å². The molecule has 2 atom stereocenters. The first-order valence-electron chi connectivity index (χ1n) is 10.7. The van der Waals surface area contributed by atoms with Gasteiger partial charge in [0.2, 0.25) is 0 Å². The van der Waals surface area contributed by atoms with E-state index in [0.29, 0.717) is 38.1 Å². The van der Waals surface area contributed by atoms with E-state index < -0.39 is 0 Å². The lowest BCUT2D eigenvalue weighted by atomic mass is 9.91. The van der Waals surface area contributed by atoms with Gasteiger partial charge in [-0.1, -0.05) is 43.9 Å². The minimum atomic E-state index is -0.163. The minimum absolute atomic E-state index is 0.0276. The molecule has 0 unspecified atom stereocenters. The van der Waals surface area contributed by atoms with Gasteiger partial charge in [0.05, 0.1) is 10.5 Å². The minimum Gasteiger partial charge on any atom is -0.355 e. The summed E-state index contributed by atoms with van der Waals surface area (Å²) < 4.78 is 2.10. The second-order valence-electron chi connectivity index (χ2n) is 9.09. The summed E-state index contributed by atoms with van der Waals surface area (Å²) in [5, 5.41) is 0. The third-order valence-corrected chi connectivity index (χ3v) is 7.10. The normalized spacial score (nSPS) is 23.6. The van der Waals surface area contributed by atoms with Crippen molar-refractivity contribution >= 4 is 51.7 Å². The van der Waals surface area contributed by atoms with Crippen LogP contribution in [0.1, 0.15) is 45.2 Å². The molecule has 0 N–H and O–H groups in total. The van der Waals surface area contributed by atoms with E-state index in [1.54, 1.807) is 21.6 Å². The molecule has 2 aromatic heterocycles. The number of piperidine rings is 1. The zero-order valence-electron chi connectivity index (χ0n) is 18.6. The van der Waals surface area contributed by atoms with Crippen LogP contribution >= 0.6 is 24.0 Å². The predicted octanol–water partition coefficient (Wildman–Crippen LogP) is 4.09. The molecular formula is C23H28N4O2S2. The van der Waals surface area contributed by atoms with E-state index in [9.17, 15) is 9.59 Å². The lowest BCUT2D eigenvalue weighted by Crippen LogP contribution is -2.40. The molecule has 6 nitrogen and oxygen atoms in total. The van der Waals surface area contributed by atoms with Crippen molar-refractivity contribution in [3.05, 3.63) is 44.7 Å². The van der Waals surface area contributed by atoms with Crippen LogP contribution in [0.2, 0.25) is 0 Å². The van der Waals surface area contributed by atoms with E-state index in [4.69, 9.17) is 17.2 Å². The summed E-state index contributed by atoms with van der Waals surface area (Å²) in [6, 6.07) is 3.81. The monoisotopic (exact) mass is 456 g/mol. The largest absolute Gasteiger partial charge is 0.355 e. The van der Waals surface area contributed by atoms with Crippen molar-refractivity contribution in [2.24, 2.45) is 11.8 Å². The summed E-state index contributed by atoms with van der Waals surface area (Å²) in [5.74, 6) is 1.52. The molecule has 31 heavy (non-hydrogen) atoms. The van der Waals surface area contributed by atoms with Crippen LogP contribution in [0, 0.1) is 18.8 Å². The number of carbonyl (C=O) groups is 1. The maximum absolute atomic E-state index is 13.6. The Hall–Kier alpha value is -2.19. The lowest BCUT2D eigenvalue weighted by Gasteiger charge is -2.36. The fourth-order valence-electron chi connectivity index (χ4n) is 4.51. The summed E-state index contributed by atoms with van der Waals surface area (Å²) in [4.78, 5) is 35.7. The van der Waals surface area contributed by atoms with E-state index in [-0.39, 0.29) is 17.5 Å². The summed E-state index contributed by atoms with van der Waals surface area (Å²) in [6.45, 7) is 12.0. The molecule has 0 radical (unpaired) electrons. The highest BCUT2D eigenvalue weighted by Gasteiger charge is 2.35. The Morgan fingerprint density at radius 2 is 1.87 bits per heavy atom. The number of hydrogen-bond acceptors (Lipinski definition) is 6. The smallest absolute Gasteiger partial charge is 0.267 e. The van der Waals surface area contributed by atoms with E-state index >= 15 is 0 Å². The quantitative estimate of drug-likeness (QED) is 0.512. The van der Waals surface area contributed by atoms with Gasteiger partial charge in [-0.3, -0.25) is 18.9 Å². The molecule has 2 fully saturated rings. The fourth-order valence-corrected chi connectivity index (χ4v) is 6.01. The van der Waals surface area contributed by atoms with Gasteiger partial charge >= 0.3 is 0 Å². The molecular weight excluding hydrogens is 428 g/mol. The van der Waals surface area contributed by atoms with E-state index in [1.807, 2.05) is 32.9 Å². The maximum Gasteiger partial charge on any atom is 0.267 e. The lowest BCUT2D eigenvalue weighted by molar-refractivity contribution is -0.123. The van der Waals surface area contributed by atoms with Gasteiger partial charge < -0.3 is 4.90 Å². The van der Waals surface area contributed by atoms with E-state index in [1.165, 1.54) is 11.8 Å². The van der Waals surface area contributed by atoms with Crippen molar-refractivity contribution in [3.63, 3.8) is 0 Å². The predicted molar refractivity (Wildman–Crippen MR) is 132 cm³/mol. The molecule has 4 heterocycles. The van der Waals surface area contributed by atoms with Crippen LogP contribution in [0.3, 0.4) is 0 Å². The molecule has 0 bridgehead atoms. The van der Waals surface area contributed by atoms with Crippen molar-refractivity contribution in [3.8, 4) is 0 Å². The Balaban J connectivity index is 1.90. The van der Waals surface area contributed by atoms with Gasteiger partial charge in [0, 0.05) is 25.3 Å². The topological polar surface area (TPSA) is 57.9 Å². The van der Waals surface area contributed by atoms with Crippen LogP contribution in [0.4, 0.5) is 5.82 Å². The number of amides is 1. The Morgan fingerprint density at radius 1 is 1.19 bits per heavy atom. The molecule has 8 heteroatoms. The Bertz CT molecular complexity index is 1140. The molecule has 1 amide bonds. The maximum atomic E-state index is 13.6. The van der Waals surface area contributed by atoms with Crippen LogP contribution in [0.5, 0.6) is 0 Å². The fraction of sp³-hybridized carbons (Fsp3) is 0.478. The number of aryl methyl sites for hydroxylation is 1. The molecule has 2 saturated heterocycles. The molecule has 2 aliphatic heterocycles. The number of thiocarbonyl (C=S) groups is 1. The van der Waals surface area contributed by atoms with E-state index in [0.717, 1.165) is 25.1 Å². The Kier molecular flexibility index (Phi) is 5.96. The van der Waals surface area contributed by atoms with Gasteiger partial charge in [-0.15, -0.1) is 0 Å². The number of rotatable bonds is 3. The average molecular weight is 457 g/mol. The van der Waals surface area contributed by atoms with Gasteiger partial charge in [-0.05, 0) is 56.7 Å². The number of hydrogen-bond donors (Lipinski definition) is 0. The number of aromatic nitrogens is 2. The molecule has 0 spiro atoms. The molecule has 4 rings (SSSR count). The van der Waals surface area contributed by atoms with Crippen LogP contribution in [0.25, 0.3) is 11.7 Å². The first kappa shape index (κ1) is 22.0. The first-order chi connectivity index (χ1) is 14.7. The summed E-state index contributed by atoms with van der Waals surface area (Å²) >= 11 is 6.67. The van der Waals surface area contributed by atoms with Crippen molar-refractivity contribution < 1.29 is 4.79 Å². The second-order valence-corrected chi connectivity index (χ2v) is 10.8. The van der Waals surface area contributed by atoms with Crippen LogP contribution in [-0.4, -0.2) is 43.6 Å². The van der Waals surface area contributed by atoms with Crippen molar-refractivity contribution in [2.75, 3.05) is 18.0 Å². The number of thioether (sulfide) groups is 1. The van der Waals surface area contributed by atoms with Crippen molar-refractivity contribution in [1.82, 2.24) is 14.3 Å². The molecule has 2 aromatic rings. The number of pyridine rings is 1. The first-order valence-corrected chi connectivity index (χ1v) is 11.9. The summed E-state index contributed by atoms with van der Waals surface area (Å²) in [5.41, 5.74) is 1.88. The number of anilines is 1. The van der Waals surface area contributed by atoms with Gasteiger partial charge in [0.1, 0.15) is 15.8 Å². The number of fused-ring (bicyclic) bond motifs is 1. The van der Waals surface area contributed by atoms with Crippen molar-refractivity contribution in [1.29, 1.82) is 0 Å². The molecule has 0 saturated carbocycles. The second kappa shape index (κ2) is 8.39. The zero-order chi connectivity index (χ0) is 22.4. The third kappa shape index (κ3) is 4.15. The summed E-state index contributed by atoms with van der Waals surface area (Å²) in [6.07, 6.45) is 4.66. The number of nitrogens with zero attached hydrogens (tertiary/aromatic N) is 4. The molecule has 2 aliphatic rings. The van der Waals surface area contributed by atoms with Crippen LogP contribution in [-0.2, 0) is 4.79 Å². The third-order valence-electron chi connectivity index (χ3n) is 5.77. The van der Waals surface area contributed by atoms with Gasteiger partial charge in [-0.25, -0.2) is 4.98 Å².